The fourth-order valence-corrected chi connectivity index (χ4v) is 4.29. The van der Waals surface area contributed by atoms with Crippen LogP contribution in [0.3, 0.4) is 0 Å². The Morgan fingerprint density at radius 1 is 1.50 bits per heavy atom. The van der Waals surface area contributed by atoms with Crippen molar-refractivity contribution in [2.45, 2.75) is 23.2 Å². The summed E-state index contributed by atoms with van der Waals surface area (Å²) in [7, 11) is -3.04. The standard InChI is InChI=1S/C9H11ClN2O2S2/c1-15-9-11-6(5-8(10)12-9)7-3-2-4-16(7,13)14/h5,7H,2-4H2,1H3. The van der Waals surface area contributed by atoms with E-state index in [0.717, 1.165) is 0 Å². The molecular formula is C9H11ClN2O2S2. The SMILES string of the molecule is CSc1nc(Cl)cc(C2CCCS2(=O)=O)n1. The minimum Gasteiger partial charge on any atom is -0.228 e. The Kier molecular flexibility index (Phi) is 3.42. The molecule has 0 spiro atoms. The molecule has 1 aromatic rings. The van der Waals surface area contributed by atoms with Crippen LogP contribution in [0.2, 0.25) is 5.15 Å². The Bertz CT molecular complexity index is 504. The molecule has 0 bridgehead atoms. The summed E-state index contributed by atoms with van der Waals surface area (Å²) in [5, 5.41) is 0.319. The summed E-state index contributed by atoms with van der Waals surface area (Å²) in [5.41, 5.74) is 0.529. The van der Waals surface area contributed by atoms with Gasteiger partial charge in [0.15, 0.2) is 15.0 Å². The molecule has 0 saturated carbocycles. The third-order valence-electron chi connectivity index (χ3n) is 2.54. The van der Waals surface area contributed by atoms with E-state index in [-0.39, 0.29) is 5.75 Å². The fourth-order valence-electron chi connectivity index (χ4n) is 1.79. The molecule has 1 aromatic heterocycles. The summed E-state index contributed by atoms with van der Waals surface area (Å²) < 4.78 is 23.5. The Morgan fingerprint density at radius 2 is 2.25 bits per heavy atom. The van der Waals surface area contributed by atoms with Crippen molar-refractivity contribution in [2.24, 2.45) is 0 Å². The predicted molar refractivity (Wildman–Crippen MR) is 64.6 cm³/mol. The molecule has 1 saturated heterocycles. The van der Waals surface area contributed by atoms with Gasteiger partial charge in [-0.15, -0.1) is 0 Å². The molecular weight excluding hydrogens is 268 g/mol. The molecule has 1 aliphatic rings. The van der Waals surface area contributed by atoms with E-state index in [0.29, 0.717) is 28.8 Å². The molecule has 0 aliphatic carbocycles. The van der Waals surface area contributed by atoms with Gasteiger partial charge in [0, 0.05) is 0 Å². The highest BCUT2D eigenvalue weighted by Gasteiger charge is 2.34. The Hall–Kier alpha value is -0.330. The molecule has 2 rings (SSSR count). The minimum atomic E-state index is -3.04. The van der Waals surface area contributed by atoms with E-state index >= 15 is 0 Å². The van der Waals surface area contributed by atoms with Crippen molar-refractivity contribution >= 4 is 33.2 Å². The maximum absolute atomic E-state index is 11.8. The molecule has 1 unspecified atom stereocenters. The monoisotopic (exact) mass is 278 g/mol. The van der Waals surface area contributed by atoms with E-state index in [9.17, 15) is 8.42 Å². The van der Waals surface area contributed by atoms with E-state index < -0.39 is 15.1 Å². The van der Waals surface area contributed by atoms with Gasteiger partial charge in [0.25, 0.3) is 0 Å². The molecule has 1 fully saturated rings. The molecule has 2 heterocycles. The zero-order valence-corrected chi connectivity index (χ0v) is 11.1. The van der Waals surface area contributed by atoms with Crippen molar-refractivity contribution in [3.05, 3.63) is 16.9 Å². The first-order valence-corrected chi connectivity index (χ1v) is 8.15. The molecule has 4 nitrogen and oxygen atoms in total. The van der Waals surface area contributed by atoms with Crippen LogP contribution in [0.4, 0.5) is 0 Å². The number of aromatic nitrogens is 2. The summed E-state index contributed by atoms with van der Waals surface area (Å²) in [6.07, 6.45) is 3.16. The Balaban J connectivity index is 2.44. The summed E-state index contributed by atoms with van der Waals surface area (Å²) in [6.45, 7) is 0. The van der Waals surface area contributed by atoms with Crippen molar-refractivity contribution < 1.29 is 8.42 Å². The second-order valence-electron chi connectivity index (χ2n) is 3.60. The highest BCUT2D eigenvalue weighted by Crippen LogP contribution is 2.34. The van der Waals surface area contributed by atoms with Gasteiger partial charge in [-0.3, -0.25) is 0 Å². The molecule has 1 aliphatic heterocycles. The second kappa shape index (κ2) is 4.50. The molecule has 88 valence electrons. The average Bonchev–Trinajstić information content (AvgIpc) is 2.57. The lowest BCUT2D eigenvalue weighted by Crippen LogP contribution is -2.10. The van der Waals surface area contributed by atoms with Crippen molar-refractivity contribution in [1.82, 2.24) is 9.97 Å². The normalized spacial score (nSPS) is 23.5. The minimum absolute atomic E-state index is 0.244. The summed E-state index contributed by atoms with van der Waals surface area (Å²) >= 11 is 7.20. The second-order valence-corrected chi connectivity index (χ2v) is 7.06. The van der Waals surface area contributed by atoms with Crippen molar-refractivity contribution in [3.8, 4) is 0 Å². The topological polar surface area (TPSA) is 59.9 Å². The summed E-state index contributed by atoms with van der Waals surface area (Å²) in [4.78, 5) is 8.21. The van der Waals surface area contributed by atoms with E-state index in [1.165, 1.54) is 11.8 Å². The van der Waals surface area contributed by atoms with Gasteiger partial charge in [-0.1, -0.05) is 23.4 Å². The lowest BCUT2D eigenvalue weighted by Gasteiger charge is -2.09. The van der Waals surface area contributed by atoms with Gasteiger partial charge in [0.2, 0.25) is 0 Å². The van der Waals surface area contributed by atoms with Crippen molar-refractivity contribution in [1.29, 1.82) is 0 Å². The maximum atomic E-state index is 11.8. The van der Waals surface area contributed by atoms with E-state index in [1.54, 1.807) is 6.07 Å². The summed E-state index contributed by atoms with van der Waals surface area (Å²) in [5.74, 6) is 0.244. The quantitative estimate of drug-likeness (QED) is 0.471. The number of thioether (sulfide) groups is 1. The van der Waals surface area contributed by atoms with Crippen LogP contribution in [0.25, 0.3) is 0 Å². The molecule has 7 heteroatoms. The Labute approximate surface area is 104 Å². The predicted octanol–water partition coefficient (Wildman–Crippen LogP) is 2.10. The van der Waals surface area contributed by atoms with Crippen LogP contribution in [0, 0.1) is 0 Å². The van der Waals surface area contributed by atoms with Crippen LogP contribution in [0.5, 0.6) is 0 Å². The molecule has 0 N–H and O–H groups in total. The van der Waals surface area contributed by atoms with Gasteiger partial charge in [0.05, 0.1) is 11.4 Å². The number of hydrogen-bond donors (Lipinski definition) is 0. The fraction of sp³-hybridized carbons (Fsp3) is 0.556. The maximum Gasteiger partial charge on any atom is 0.188 e. The van der Waals surface area contributed by atoms with Gasteiger partial charge in [0.1, 0.15) is 10.4 Å². The van der Waals surface area contributed by atoms with Crippen LogP contribution < -0.4 is 0 Å². The highest BCUT2D eigenvalue weighted by atomic mass is 35.5. The van der Waals surface area contributed by atoms with Crippen LogP contribution in [-0.2, 0) is 9.84 Å². The molecule has 0 radical (unpaired) electrons. The largest absolute Gasteiger partial charge is 0.228 e. The highest BCUT2D eigenvalue weighted by molar-refractivity contribution is 7.98. The van der Waals surface area contributed by atoms with Crippen molar-refractivity contribution in [2.75, 3.05) is 12.0 Å². The zero-order valence-electron chi connectivity index (χ0n) is 8.68. The number of nitrogens with zero attached hydrogens (tertiary/aromatic N) is 2. The number of sulfone groups is 1. The zero-order chi connectivity index (χ0) is 11.8. The third kappa shape index (κ3) is 2.33. The Morgan fingerprint density at radius 3 is 2.81 bits per heavy atom. The molecule has 0 aromatic carbocycles. The molecule has 1 atom stereocenters. The average molecular weight is 279 g/mol. The number of hydrogen-bond acceptors (Lipinski definition) is 5. The number of rotatable bonds is 2. The van der Waals surface area contributed by atoms with Crippen molar-refractivity contribution in [3.63, 3.8) is 0 Å². The van der Waals surface area contributed by atoms with E-state index in [4.69, 9.17) is 11.6 Å². The van der Waals surface area contributed by atoms with Crippen LogP contribution in [-0.4, -0.2) is 30.4 Å². The first-order valence-electron chi connectivity index (χ1n) is 4.83. The lowest BCUT2D eigenvalue weighted by molar-refractivity contribution is 0.590. The first kappa shape index (κ1) is 12.1. The van der Waals surface area contributed by atoms with Gasteiger partial charge >= 0.3 is 0 Å². The van der Waals surface area contributed by atoms with Gasteiger partial charge in [-0.05, 0) is 25.2 Å². The van der Waals surface area contributed by atoms with E-state index in [1.807, 2.05) is 6.26 Å². The lowest BCUT2D eigenvalue weighted by atomic mass is 10.2. The van der Waals surface area contributed by atoms with Crippen LogP contribution in [0.1, 0.15) is 23.8 Å². The first-order chi connectivity index (χ1) is 7.53. The van der Waals surface area contributed by atoms with E-state index in [2.05, 4.69) is 9.97 Å². The van der Waals surface area contributed by atoms with Gasteiger partial charge in [-0.2, -0.15) is 0 Å². The smallest absolute Gasteiger partial charge is 0.188 e. The third-order valence-corrected chi connectivity index (χ3v) is 5.48. The molecule has 0 amide bonds. The molecule has 16 heavy (non-hydrogen) atoms. The van der Waals surface area contributed by atoms with Crippen LogP contribution in [0.15, 0.2) is 11.2 Å². The van der Waals surface area contributed by atoms with Gasteiger partial charge < -0.3 is 0 Å². The van der Waals surface area contributed by atoms with Crippen LogP contribution >= 0.6 is 23.4 Å². The van der Waals surface area contributed by atoms with Gasteiger partial charge in [-0.25, -0.2) is 18.4 Å². The number of halogens is 1. The summed E-state index contributed by atoms with van der Waals surface area (Å²) in [6, 6.07) is 1.55.